The minimum Gasteiger partial charge on any atom is -0.477 e. The number of hydrogen-bond donors (Lipinski definition) is 2. The van der Waals surface area contributed by atoms with Crippen molar-refractivity contribution in [3.63, 3.8) is 0 Å². The monoisotopic (exact) mass is 619 g/mol. The fraction of sp³-hybridized carbons (Fsp3) is 0.207. The van der Waals surface area contributed by atoms with Gasteiger partial charge in [0.2, 0.25) is 0 Å². The number of benzene rings is 3. The van der Waals surface area contributed by atoms with E-state index in [9.17, 15) is 36.3 Å². The van der Waals surface area contributed by atoms with Crippen LogP contribution < -0.4 is 4.72 Å². The zero-order valence-corrected chi connectivity index (χ0v) is 23.7. The highest BCUT2D eigenvalue weighted by Crippen LogP contribution is 2.33. The highest BCUT2D eigenvalue weighted by molar-refractivity contribution is 7.90. The second kappa shape index (κ2) is 12.4. The molecule has 0 unspecified atom stereocenters. The molecule has 2 N–H and O–H groups in total. The minimum absolute atomic E-state index is 0.0125. The number of halogens is 4. The van der Waals surface area contributed by atoms with E-state index in [1.54, 1.807) is 36.4 Å². The number of carbonyl (C=O) groups excluding carboxylic acids is 1. The number of unbranched alkanes of at least 4 members (excludes halogenated alkanes) is 1. The molecule has 0 atom stereocenters. The van der Waals surface area contributed by atoms with Crippen molar-refractivity contribution in [3.05, 3.63) is 106 Å². The van der Waals surface area contributed by atoms with Gasteiger partial charge < -0.3 is 9.67 Å². The lowest BCUT2D eigenvalue weighted by atomic mass is 10.0. The Kier molecular flexibility index (Phi) is 9.07. The van der Waals surface area contributed by atoms with Crippen LogP contribution in [-0.4, -0.2) is 35.0 Å². The average molecular weight is 620 g/mol. The van der Waals surface area contributed by atoms with Gasteiger partial charge in [0.05, 0.1) is 4.90 Å². The maximum Gasteiger partial charge on any atom is 0.435 e. The number of aromatic carboxylic acids is 1. The zero-order valence-electron chi connectivity index (χ0n) is 22.2. The molecule has 0 bridgehead atoms. The number of nitrogens with zero attached hydrogens (tertiary/aromatic N) is 2. The fourth-order valence-corrected chi connectivity index (χ4v) is 5.69. The molecule has 1 heterocycles. The van der Waals surface area contributed by atoms with Gasteiger partial charge in [-0.3, -0.25) is 4.79 Å². The molecule has 1 amide bonds. The third kappa shape index (κ3) is 6.82. The Morgan fingerprint density at radius 1 is 1.00 bits per heavy atom. The predicted octanol–water partition coefficient (Wildman–Crippen LogP) is 6.43. The molecule has 42 heavy (non-hydrogen) atoms. The van der Waals surface area contributed by atoms with E-state index in [1.165, 1.54) is 36.4 Å². The summed E-state index contributed by atoms with van der Waals surface area (Å²) in [5.41, 5.74) is -1.09. The molecule has 0 fully saturated rings. The van der Waals surface area contributed by atoms with Crippen molar-refractivity contribution in [3.8, 4) is 11.1 Å². The topological polar surface area (TPSA) is 118 Å². The number of nitrogens with one attached hydrogen (secondary N) is 1. The van der Waals surface area contributed by atoms with Crippen LogP contribution >= 0.6 is 11.6 Å². The van der Waals surface area contributed by atoms with Gasteiger partial charge in [-0.05, 0) is 47.9 Å². The number of aromatic nitrogens is 2. The first-order chi connectivity index (χ1) is 19.8. The van der Waals surface area contributed by atoms with E-state index in [0.717, 1.165) is 4.57 Å². The van der Waals surface area contributed by atoms with Gasteiger partial charge in [0, 0.05) is 29.1 Å². The summed E-state index contributed by atoms with van der Waals surface area (Å²) in [6.07, 6.45) is -3.58. The van der Waals surface area contributed by atoms with Crippen molar-refractivity contribution in [2.24, 2.45) is 0 Å². The Hall–Kier alpha value is -4.16. The molecule has 0 radical (unpaired) electrons. The number of imidazole rings is 1. The van der Waals surface area contributed by atoms with E-state index >= 15 is 0 Å². The number of carboxylic acid groups (broad SMARTS) is 1. The third-order valence-corrected chi connectivity index (χ3v) is 8.03. The Morgan fingerprint density at radius 3 is 2.24 bits per heavy atom. The van der Waals surface area contributed by atoms with Crippen molar-refractivity contribution in [1.29, 1.82) is 0 Å². The molecule has 220 valence electrons. The van der Waals surface area contributed by atoms with Crippen molar-refractivity contribution >= 4 is 33.5 Å². The number of aryl methyl sites for hydroxylation is 1. The van der Waals surface area contributed by atoms with Crippen LogP contribution in [0.4, 0.5) is 13.2 Å². The summed E-state index contributed by atoms with van der Waals surface area (Å²) >= 11 is 5.83. The largest absolute Gasteiger partial charge is 0.477 e. The summed E-state index contributed by atoms with van der Waals surface area (Å²) in [4.78, 5) is 27.9. The molecule has 4 aromatic rings. The highest BCUT2D eigenvalue weighted by Gasteiger charge is 2.41. The van der Waals surface area contributed by atoms with Crippen molar-refractivity contribution in [2.75, 3.05) is 0 Å². The van der Waals surface area contributed by atoms with Crippen LogP contribution in [0.15, 0.2) is 77.7 Å². The fourth-order valence-electron chi connectivity index (χ4n) is 4.36. The van der Waals surface area contributed by atoms with Gasteiger partial charge in [0.1, 0.15) is 5.82 Å². The average Bonchev–Trinajstić information content (AvgIpc) is 3.31. The Balaban J connectivity index is 1.65. The van der Waals surface area contributed by atoms with Gasteiger partial charge in [-0.15, -0.1) is 0 Å². The van der Waals surface area contributed by atoms with E-state index in [0.29, 0.717) is 29.0 Å². The summed E-state index contributed by atoms with van der Waals surface area (Å²) in [5, 5.41) is 10.0. The van der Waals surface area contributed by atoms with Gasteiger partial charge >= 0.3 is 12.1 Å². The van der Waals surface area contributed by atoms with E-state index < -0.39 is 39.5 Å². The van der Waals surface area contributed by atoms with Gasteiger partial charge in [0.15, 0.2) is 11.4 Å². The van der Waals surface area contributed by atoms with Crippen LogP contribution in [0.25, 0.3) is 11.1 Å². The third-order valence-electron chi connectivity index (χ3n) is 6.39. The Bertz CT molecular complexity index is 1720. The SMILES string of the molecule is CCCCc1nc(C(F)(F)F)c(C(=O)O)n1Cc1ccc(-c2ccccc2S(=O)(=O)NC(=O)c2ccc(Cl)cc2)cc1. The first-order valence-electron chi connectivity index (χ1n) is 12.7. The van der Waals surface area contributed by atoms with E-state index in [2.05, 4.69) is 4.98 Å². The number of carboxylic acids is 1. The van der Waals surface area contributed by atoms with Crippen molar-refractivity contribution in [2.45, 2.75) is 43.8 Å². The molecule has 1 aromatic heterocycles. The summed E-state index contributed by atoms with van der Waals surface area (Å²) in [6, 6.07) is 18.0. The molecule has 3 aromatic carbocycles. The molecule has 8 nitrogen and oxygen atoms in total. The molecule has 0 aliphatic rings. The number of amides is 1. The van der Waals surface area contributed by atoms with E-state index in [-0.39, 0.29) is 34.8 Å². The number of rotatable bonds is 10. The van der Waals surface area contributed by atoms with Crippen molar-refractivity contribution in [1.82, 2.24) is 14.3 Å². The van der Waals surface area contributed by atoms with Crippen LogP contribution in [0.3, 0.4) is 0 Å². The predicted molar refractivity (Wildman–Crippen MR) is 150 cm³/mol. The highest BCUT2D eigenvalue weighted by atomic mass is 35.5. The molecule has 13 heteroatoms. The van der Waals surface area contributed by atoms with Gasteiger partial charge in [-0.2, -0.15) is 13.2 Å². The summed E-state index contributed by atoms with van der Waals surface area (Å²) in [6.45, 7) is 1.66. The van der Waals surface area contributed by atoms with Crippen LogP contribution in [-0.2, 0) is 29.2 Å². The van der Waals surface area contributed by atoms with Crippen LogP contribution in [0.5, 0.6) is 0 Å². The molecule has 0 saturated heterocycles. The maximum atomic E-state index is 13.6. The first kappa shape index (κ1) is 30.8. The normalized spacial score (nSPS) is 11.8. The zero-order chi connectivity index (χ0) is 30.7. The van der Waals surface area contributed by atoms with E-state index in [1.807, 2.05) is 11.6 Å². The molecule has 0 aliphatic heterocycles. The number of sulfonamides is 1. The number of carbonyl (C=O) groups is 2. The second-order valence-electron chi connectivity index (χ2n) is 9.35. The molecule has 4 rings (SSSR count). The first-order valence-corrected chi connectivity index (χ1v) is 14.6. The summed E-state index contributed by atoms with van der Waals surface area (Å²) in [7, 11) is -4.31. The van der Waals surface area contributed by atoms with Gasteiger partial charge in [0.25, 0.3) is 15.9 Å². The summed E-state index contributed by atoms with van der Waals surface area (Å²) in [5.74, 6) is -2.57. The van der Waals surface area contributed by atoms with E-state index in [4.69, 9.17) is 11.6 Å². The van der Waals surface area contributed by atoms with Crippen molar-refractivity contribution < 1.29 is 36.3 Å². The van der Waals surface area contributed by atoms with Gasteiger partial charge in [-0.1, -0.05) is 67.4 Å². The standard InChI is InChI=1S/C29H25ClF3N3O5S/c1-2-3-8-24-34-26(29(31,32)33)25(28(38)39)36(24)17-18-9-11-19(12-10-18)22-6-4-5-7-23(22)42(40,41)35-27(37)20-13-15-21(30)16-14-20/h4-7,9-16H,2-3,8,17H2,1H3,(H,35,37)(H,38,39). The Labute approximate surface area is 244 Å². The maximum absolute atomic E-state index is 13.6. The lowest BCUT2D eigenvalue weighted by molar-refractivity contribution is -0.141. The number of alkyl halides is 3. The van der Waals surface area contributed by atoms with Gasteiger partial charge in [-0.25, -0.2) is 22.9 Å². The quantitative estimate of drug-likeness (QED) is 0.211. The lowest BCUT2D eigenvalue weighted by Gasteiger charge is -2.14. The van der Waals surface area contributed by atoms with Crippen LogP contribution in [0, 0.1) is 0 Å². The molecule has 0 spiro atoms. The lowest BCUT2D eigenvalue weighted by Crippen LogP contribution is -2.30. The minimum atomic E-state index is -4.94. The summed E-state index contributed by atoms with van der Waals surface area (Å²) < 4.78 is 70.3. The Morgan fingerprint density at radius 2 is 1.64 bits per heavy atom. The van der Waals surface area contributed by atoms with Crippen LogP contribution in [0.2, 0.25) is 5.02 Å². The van der Waals surface area contributed by atoms with Crippen LogP contribution in [0.1, 0.15) is 57.7 Å². The molecule has 0 saturated carbocycles. The molecular formula is C29H25ClF3N3O5S. The second-order valence-corrected chi connectivity index (χ2v) is 11.4. The molecular weight excluding hydrogens is 595 g/mol. The smallest absolute Gasteiger partial charge is 0.435 e. The number of hydrogen-bond acceptors (Lipinski definition) is 5. The molecule has 0 aliphatic carbocycles.